The maximum atomic E-state index is 13.7. The first-order valence-electron chi connectivity index (χ1n) is 6.88. The summed E-state index contributed by atoms with van der Waals surface area (Å²) in [7, 11) is 1.94. The molecule has 0 aliphatic rings. The molecule has 0 aliphatic heterocycles. The molecule has 0 atom stereocenters. The number of para-hydroxylation sites is 1. The molecule has 6 nitrogen and oxygen atoms in total. The van der Waals surface area contributed by atoms with E-state index in [0.29, 0.717) is 30.6 Å². The minimum Gasteiger partial charge on any atom is -0.424 e. The van der Waals surface area contributed by atoms with Gasteiger partial charge in [0.15, 0.2) is 0 Å². The van der Waals surface area contributed by atoms with Crippen molar-refractivity contribution in [2.24, 2.45) is 0 Å². The van der Waals surface area contributed by atoms with E-state index in [4.69, 9.17) is 4.42 Å². The van der Waals surface area contributed by atoms with Crippen molar-refractivity contribution in [3.63, 3.8) is 0 Å². The van der Waals surface area contributed by atoms with Crippen LogP contribution in [-0.4, -0.2) is 31.9 Å². The van der Waals surface area contributed by atoms with Gasteiger partial charge in [0.1, 0.15) is 11.5 Å². The molecule has 0 saturated heterocycles. The van der Waals surface area contributed by atoms with Gasteiger partial charge in [-0.3, -0.25) is 4.90 Å². The molecule has 0 saturated carbocycles. The van der Waals surface area contributed by atoms with E-state index in [1.807, 2.05) is 18.1 Å². The maximum absolute atomic E-state index is 13.7. The van der Waals surface area contributed by atoms with E-state index < -0.39 is 0 Å². The van der Waals surface area contributed by atoms with Crippen LogP contribution < -0.4 is 0 Å². The molecule has 3 aromatic rings. The Bertz CT molecular complexity index is 767. The molecule has 2 aromatic heterocycles. The Morgan fingerprint density at radius 3 is 2.77 bits per heavy atom. The second kappa shape index (κ2) is 6.07. The molecule has 2 heterocycles. The lowest BCUT2D eigenvalue weighted by Crippen LogP contribution is -2.17. The molecule has 0 unspecified atom stereocenters. The van der Waals surface area contributed by atoms with Gasteiger partial charge in [0, 0.05) is 25.2 Å². The van der Waals surface area contributed by atoms with Crippen molar-refractivity contribution < 1.29 is 8.81 Å². The highest BCUT2D eigenvalue weighted by molar-refractivity contribution is 5.32. The molecule has 22 heavy (non-hydrogen) atoms. The number of benzene rings is 1. The average molecular weight is 301 g/mol. The quantitative estimate of drug-likeness (QED) is 0.724. The first-order chi connectivity index (χ1) is 10.6. The SMILES string of the molecule is Cc1nnc(CN(C)Cc2cnn(-c3ccccc3F)c2)o1. The topological polar surface area (TPSA) is 60.0 Å². The van der Waals surface area contributed by atoms with Gasteiger partial charge in [0.25, 0.3) is 0 Å². The number of aryl methyl sites for hydroxylation is 1. The zero-order valence-electron chi connectivity index (χ0n) is 12.4. The van der Waals surface area contributed by atoms with Crippen LogP contribution in [0.4, 0.5) is 4.39 Å². The van der Waals surface area contributed by atoms with Gasteiger partial charge < -0.3 is 4.42 Å². The van der Waals surface area contributed by atoms with Crippen molar-refractivity contribution in [1.82, 2.24) is 24.9 Å². The number of nitrogens with zero attached hydrogens (tertiary/aromatic N) is 5. The Morgan fingerprint density at radius 2 is 2.05 bits per heavy atom. The van der Waals surface area contributed by atoms with Crippen molar-refractivity contribution >= 4 is 0 Å². The highest BCUT2D eigenvalue weighted by Crippen LogP contribution is 2.14. The van der Waals surface area contributed by atoms with Crippen molar-refractivity contribution in [2.45, 2.75) is 20.0 Å². The molecule has 7 heteroatoms. The lowest BCUT2D eigenvalue weighted by atomic mass is 10.3. The summed E-state index contributed by atoms with van der Waals surface area (Å²) in [5, 5.41) is 12.0. The Kier molecular flexibility index (Phi) is 3.97. The summed E-state index contributed by atoms with van der Waals surface area (Å²) in [5.41, 5.74) is 1.41. The predicted molar refractivity (Wildman–Crippen MR) is 77.7 cm³/mol. The van der Waals surface area contributed by atoms with E-state index in [0.717, 1.165) is 5.56 Å². The van der Waals surface area contributed by atoms with Gasteiger partial charge >= 0.3 is 0 Å². The highest BCUT2D eigenvalue weighted by atomic mass is 19.1. The predicted octanol–water partition coefficient (Wildman–Crippen LogP) is 2.33. The monoisotopic (exact) mass is 301 g/mol. The molecule has 0 bridgehead atoms. The zero-order valence-corrected chi connectivity index (χ0v) is 12.4. The van der Waals surface area contributed by atoms with Crippen molar-refractivity contribution in [2.75, 3.05) is 7.05 Å². The number of hydrogen-bond donors (Lipinski definition) is 0. The summed E-state index contributed by atoms with van der Waals surface area (Å²) in [4.78, 5) is 2.02. The number of halogens is 1. The first kappa shape index (κ1) is 14.4. The third kappa shape index (κ3) is 3.20. The van der Waals surface area contributed by atoms with Gasteiger partial charge in [-0.1, -0.05) is 12.1 Å². The third-order valence-corrected chi connectivity index (χ3v) is 3.16. The average Bonchev–Trinajstić information content (AvgIpc) is 3.09. The summed E-state index contributed by atoms with van der Waals surface area (Å²) in [6.07, 6.45) is 3.54. The normalized spacial score (nSPS) is 11.3. The molecule has 0 N–H and O–H groups in total. The van der Waals surface area contributed by atoms with Gasteiger partial charge in [0.05, 0.1) is 12.7 Å². The maximum Gasteiger partial charge on any atom is 0.230 e. The molecule has 114 valence electrons. The van der Waals surface area contributed by atoms with Crippen LogP contribution in [-0.2, 0) is 13.1 Å². The van der Waals surface area contributed by atoms with E-state index in [1.165, 1.54) is 10.7 Å². The summed E-state index contributed by atoms with van der Waals surface area (Å²) in [6, 6.07) is 6.55. The van der Waals surface area contributed by atoms with Crippen LogP contribution in [0.25, 0.3) is 5.69 Å². The molecular formula is C15H16FN5O. The Morgan fingerprint density at radius 1 is 1.23 bits per heavy atom. The second-order valence-corrected chi connectivity index (χ2v) is 5.13. The molecule has 3 rings (SSSR count). The summed E-state index contributed by atoms with van der Waals surface area (Å²) >= 11 is 0. The van der Waals surface area contributed by atoms with Crippen LogP contribution in [0.15, 0.2) is 41.1 Å². The minimum atomic E-state index is -0.299. The number of aromatic nitrogens is 4. The molecule has 0 fully saturated rings. The Balaban J connectivity index is 1.68. The first-order valence-corrected chi connectivity index (χ1v) is 6.88. The van der Waals surface area contributed by atoms with Crippen LogP contribution in [0.2, 0.25) is 0 Å². The van der Waals surface area contributed by atoms with Crippen LogP contribution in [0.5, 0.6) is 0 Å². The third-order valence-electron chi connectivity index (χ3n) is 3.16. The van der Waals surface area contributed by atoms with Gasteiger partial charge in [-0.25, -0.2) is 9.07 Å². The van der Waals surface area contributed by atoms with Gasteiger partial charge in [0.2, 0.25) is 11.8 Å². The summed E-state index contributed by atoms with van der Waals surface area (Å²) in [5.74, 6) is 0.823. The fraction of sp³-hybridized carbons (Fsp3) is 0.267. The lowest BCUT2D eigenvalue weighted by molar-refractivity contribution is 0.279. The molecule has 0 aliphatic carbocycles. The van der Waals surface area contributed by atoms with Crippen LogP contribution in [0.1, 0.15) is 17.3 Å². The lowest BCUT2D eigenvalue weighted by Gasteiger charge is -2.12. The molecule has 0 radical (unpaired) electrons. The zero-order chi connectivity index (χ0) is 15.5. The van der Waals surface area contributed by atoms with Gasteiger partial charge in [-0.05, 0) is 19.2 Å². The smallest absolute Gasteiger partial charge is 0.230 e. The van der Waals surface area contributed by atoms with E-state index >= 15 is 0 Å². The largest absolute Gasteiger partial charge is 0.424 e. The summed E-state index contributed by atoms with van der Waals surface area (Å²) < 4.78 is 20.6. The van der Waals surface area contributed by atoms with Gasteiger partial charge in [-0.15, -0.1) is 10.2 Å². The Hall–Kier alpha value is -2.54. The van der Waals surface area contributed by atoms with Crippen LogP contribution in [0.3, 0.4) is 0 Å². The number of rotatable bonds is 5. The van der Waals surface area contributed by atoms with Crippen molar-refractivity contribution in [1.29, 1.82) is 0 Å². The van der Waals surface area contributed by atoms with E-state index in [-0.39, 0.29) is 5.82 Å². The van der Waals surface area contributed by atoms with Crippen molar-refractivity contribution in [3.05, 3.63) is 59.8 Å². The minimum absolute atomic E-state index is 0.299. The standard InChI is InChI=1S/C15H16FN5O/c1-11-18-19-15(22-11)10-20(2)8-12-7-17-21(9-12)14-6-4-3-5-13(14)16/h3-7,9H,8,10H2,1-2H3. The van der Waals surface area contributed by atoms with Crippen LogP contribution >= 0.6 is 0 Å². The molecule has 0 spiro atoms. The Labute approximate surface area is 127 Å². The number of hydrogen-bond acceptors (Lipinski definition) is 5. The second-order valence-electron chi connectivity index (χ2n) is 5.13. The highest BCUT2D eigenvalue weighted by Gasteiger charge is 2.10. The molecular weight excluding hydrogens is 285 g/mol. The van der Waals surface area contributed by atoms with Crippen molar-refractivity contribution in [3.8, 4) is 5.69 Å². The van der Waals surface area contributed by atoms with E-state index in [9.17, 15) is 4.39 Å². The fourth-order valence-corrected chi connectivity index (χ4v) is 2.21. The summed E-state index contributed by atoms with van der Waals surface area (Å²) in [6.45, 7) is 2.95. The van der Waals surface area contributed by atoms with E-state index in [1.54, 1.807) is 31.3 Å². The molecule has 0 amide bonds. The van der Waals surface area contributed by atoms with E-state index in [2.05, 4.69) is 15.3 Å². The molecule has 1 aromatic carbocycles. The van der Waals surface area contributed by atoms with Crippen LogP contribution in [0, 0.1) is 12.7 Å². The fourth-order valence-electron chi connectivity index (χ4n) is 2.21. The van der Waals surface area contributed by atoms with Gasteiger partial charge in [-0.2, -0.15) is 5.10 Å².